The SMILES string of the molecule is CN1CCCC(C2(CC(=O)O)COC2)C1. The minimum absolute atomic E-state index is 0.0689. The Balaban J connectivity index is 2.01. The number of aliphatic carboxylic acids is 1. The molecule has 0 aromatic rings. The molecule has 0 amide bonds. The molecule has 2 saturated heterocycles. The number of hydrogen-bond acceptors (Lipinski definition) is 3. The van der Waals surface area contributed by atoms with E-state index in [9.17, 15) is 4.79 Å². The molecule has 4 heteroatoms. The molecule has 2 aliphatic heterocycles. The van der Waals surface area contributed by atoms with Gasteiger partial charge in [-0.3, -0.25) is 4.79 Å². The third kappa shape index (κ3) is 2.16. The molecule has 2 aliphatic rings. The maximum atomic E-state index is 10.9. The lowest BCUT2D eigenvalue weighted by atomic mass is 9.68. The molecular weight excluding hydrogens is 194 g/mol. The van der Waals surface area contributed by atoms with Gasteiger partial charge >= 0.3 is 5.97 Å². The minimum Gasteiger partial charge on any atom is -0.481 e. The van der Waals surface area contributed by atoms with E-state index < -0.39 is 5.97 Å². The number of nitrogens with zero attached hydrogens (tertiary/aromatic N) is 1. The number of carboxylic acids is 1. The summed E-state index contributed by atoms with van der Waals surface area (Å²) in [5, 5.41) is 8.94. The fourth-order valence-electron chi connectivity index (χ4n) is 2.81. The second-order valence-electron chi connectivity index (χ2n) is 5.03. The molecule has 2 heterocycles. The second kappa shape index (κ2) is 4.10. The van der Waals surface area contributed by atoms with Gasteiger partial charge in [0.05, 0.1) is 19.6 Å². The number of carbonyl (C=O) groups is 1. The molecule has 0 aliphatic carbocycles. The summed E-state index contributed by atoms with van der Waals surface area (Å²) in [6, 6.07) is 0. The van der Waals surface area contributed by atoms with Crippen molar-refractivity contribution >= 4 is 5.97 Å². The van der Waals surface area contributed by atoms with Gasteiger partial charge in [0.25, 0.3) is 0 Å². The third-order valence-corrected chi connectivity index (χ3v) is 3.77. The van der Waals surface area contributed by atoms with Crippen LogP contribution in [0.2, 0.25) is 0 Å². The molecule has 0 aromatic carbocycles. The summed E-state index contributed by atoms with van der Waals surface area (Å²) >= 11 is 0. The van der Waals surface area contributed by atoms with Crippen molar-refractivity contribution in [1.82, 2.24) is 4.90 Å². The van der Waals surface area contributed by atoms with Crippen LogP contribution in [-0.2, 0) is 9.53 Å². The molecule has 0 aromatic heterocycles. The summed E-state index contributed by atoms with van der Waals surface area (Å²) in [4.78, 5) is 13.2. The van der Waals surface area contributed by atoms with Crippen molar-refractivity contribution in [1.29, 1.82) is 0 Å². The first kappa shape index (κ1) is 10.9. The van der Waals surface area contributed by atoms with Gasteiger partial charge < -0.3 is 14.7 Å². The van der Waals surface area contributed by atoms with Crippen LogP contribution in [0, 0.1) is 11.3 Å². The third-order valence-electron chi connectivity index (χ3n) is 3.77. The zero-order valence-electron chi connectivity index (χ0n) is 9.24. The number of likely N-dealkylation sites (tertiary alicyclic amines) is 1. The number of rotatable bonds is 3. The molecule has 2 fully saturated rings. The highest BCUT2D eigenvalue weighted by Crippen LogP contribution is 2.43. The van der Waals surface area contributed by atoms with Gasteiger partial charge in [-0.15, -0.1) is 0 Å². The first-order valence-electron chi connectivity index (χ1n) is 5.60. The number of piperidine rings is 1. The van der Waals surface area contributed by atoms with E-state index >= 15 is 0 Å². The second-order valence-corrected chi connectivity index (χ2v) is 5.03. The lowest BCUT2D eigenvalue weighted by Crippen LogP contribution is -2.54. The van der Waals surface area contributed by atoms with Gasteiger partial charge in [0.15, 0.2) is 0 Å². The zero-order chi connectivity index (χ0) is 10.9. The smallest absolute Gasteiger partial charge is 0.304 e. The fraction of sp³-hybridized carbons (Fsp3) is 0.909. The molecule has 86 valence electrons. The highest BCUT2D eigenvalue weighted by Gasteiger charge is 2.47. The monoisotopic (exact) mass is 213 g/mol. The van der Waals surface area contributed by atoms with Gasteiger partial charge in [-0.25, -0.2) is 0 Å². The Hall–Kier alpha value is -0.610. The minimum atomic E-state index is -0.688. The number of ether oxygens (including phenoxy) is 1. The predicted molar refractivity (Wildman–Crippen MR) is 55.7 cm³/mol. The van der Waals surface area contributed by atoms with Crippen molar-refractivity contribution in [2.75, 3.05) is 33.4 Å². The van der Waals surface area contributed by atoms with Gasteiger partial charge in [-0.05, 0) is 32.4 Å². The average Bonchev–Trinajstić information content (AvgIpc) is 2.11. The zero-order valence-corrected chi connectivity index (χ0v) is 9.24. The van der Waals surface area contributed by atoms with Crippen LogP contribution in [0.5, 0.6) is 0 Å². The van der Waals surface area contributed by atoms with Crippen LogP contribution in [0.15, 0.2) is 0 Å². The summed E-state index contributed by atoms with van der Waals surface area (Å²) in [7, 11) is 2.11. The van der Waals surface area contributed by atoms with Gasteiger partial charge in [-0.2, -0.15) is 0 Å². The van der Waals surface area contributed by atoms with Crippen LogP contribution < -0.4 is 0 Å². The molecule has 1 unspecified atom stereocenters. The van der Waals surface area contributed by atoms with E-state index in [2.05, 4.69) is 11.9 Å². The Morgan fingerprint density at radius 1 is 1.60 bits per heavy atom. The molecule has 0 bridgehead atoms. The first-order valence-corrected chi connectivity index (χ1v) is 5.60. The summed E-state index contributed by atoms with van der Waals surface area (Å²) in [6.45, 7) is 3.44. The first-order chi connectivity index (χ1) is 7.12. The molecule has 1 N–H and O–H groups in total. The molecule has 0 saturated carbocycles. The van der Waals surface area contributed by atoms with Crippen LogP contribution in [0.1, 0.15) is 19.3 Å². The molecule has 0 spiro atoms. The van der Waals surface area contributed by atoms with E-state index in [0.29, 0.717) is 19.1 Å². The van der Waals surface area contributed by atoms with Crippen molar-refractivity contribution in [2.45, 2.75) is 19.3 Å². The Morgan fingerprint density at radius 2 is 2.33 bits per heavy atom. The normalized spacial score (nSPS) is 30.9. The van der Waals surface area contributed by atoms with Crippen LogP contribution in [0.3, 0.4) is 0 Å². The van der Waals surface area contributed by atoms with E-state index in [1.807, 2.05) is 0 Å². The van der Waals surface area contributed by atoms with E-state index in [4.69, 9.17) is 9.84 Å². The van der Waals surface area contributed by atoms with E-state index in [0.717, 1.165) is 19.5 Å². The van der Waals surface area contributed by atoms with Crippen LogP contribution in [-0.4, -0.2) is 49.3 Å². The maximum absolute atomic E-state index is 10.9. The van der Waals surface area contributed by atoms with Crippen molar-refractivity contribution in [3.05, 3.63) is 0 Å². The molecule has 4 nitrogen and oxygen atoms in total. The van der Waals surface area contributed by atoms with Crippen molar-refractivity contribution in [3.8, 4) is 0 Å². The van der Waals surface area contributed by atoms with Gasteiger partial charge in [0.1, 0.15) is 0 Å². The van der Waals surface area contributed by atoms with E-state index in [1.165, 1.54) is 6.42 Å². The van der Waals surface area contributed by atoms with Crippen LogP contribution in [0.4, 0.5) is 0 Å². The molecule has 15 heavy (non-hydrogen) atoms. The van der Waals surface area contributed by atoms with Crippen LogP contribution >= 0.6 is 0 Å². The van der Waals surface area contributed by atoms with Crippen molar-refractivity contribution < 1.29 is 14.6 Å². The Kier molecular flexibility index (Phi) is 2.98. The van der Waals surface area contributed by atoms with Gasteiger partial charge in [0.2, 0.25) is 0 Å². The van der Waals surface area contributed by atoms with Crippen molar-refractivity contribution in [2.24, 2.45) is 11.3 Å². The quantitative estimate of drug-likeness (QED) is 0.754. The number of hydrogen-bond donors (Lipinski definition) is 1. The lowest BCUT2D eigenvalue weighted by molar-refractivity contribution is -0.176. The van der Waals surface area contributed by atoms with E-state index in [1.54, 1.807) is 0 Å². The average molecular weight is 213 g/mol. The van der Waals surface area contributed by atoms with Gasteiger partial charge in [0, 0.05) is 12.0 Å². The predicted octanol–water partition coefficient (Wildman–Crippen LogP) is 0.820. The largest absolute Gasteiger partial charge is 0.481 e. The maximum Gasteiger partial charge on any atom is 0.304 e. The topological polar surface area (TPSA) is 49.8 Å². The van der Waals surface area contributed by atoms with E-state index in [-0.39, 0.29) is 11.8 Å². The summed E-state index contributed by atoms with van der Waals surface area (Å²) < 4.78 is 5.25. The summed E-state index contributed by atoms with van der Waals surface area (Å²) in [6.07, 6.45) is 2.61. The summed E-state index contributed by atoms with van der Waals surface area (Å²) in [5.41, 5.74) is -0.0689. The van der Waals surface area contributed by atoms with Crippen LogP contribution in [0.25, 0.3) is 0 Å². The highest BCUT2D eigenvalue weighted by atomic mass is 16.5. The standard InChI is InChI=1S/C11H19NO3/c1-12-4-2-3-9(6-12)11(5-10(13)14)7-15-8-11/h9H,2-8H2,1H3,(H,13,14). The molecule has 0 radical (unpaired) electrons. The highest BCUT2D eigenvalue weighted by molar-refractivity contribution is 5.68. The lowest BCUT2D eigenvalue weighted by Gasteiger charge is -2.49. The Bertz CT molecular complexity index is 250. The van der Waals surface area contributed by atoms with Crippen molar-refractivity contribution in [3.63, 3.8) is 0 Å². The number of carboxylic acid groups (broad SMARTS) is 1. The molecule has 2 rings (SSSR count). The Labute approximate surface area is 90.2 Å². The molecular formula is C11H19NO3. The fourth-order valence-corrected chi connectivity index (χ4v) is 2.81. The summed E-state index contributed by atoms with van der Waals surface area (Å²) in [5.74, 6) is -0.187. The molecule has 1 atom stereocenters. The Morgan fingerprint density at radius 3 is 2.80 bits per heavy atom. The van der Waals surface area contributed by atoms with Gasteiger partial charge in [-0.1, -0.05) is 0 Å².